The quantitative estimate of drug-likeness (QED) is 0.271. The Labute approximate surface area is 210 Å². The van der Waals surface area contributed by atoms with E-state index in [0.717, 1.165) is 48.0 Å². The number of pyridine rings is 2. The van der Waals surface area contributed by atoms with Gasteiger partial charge in [-0.2, -0.15) is 0 Å². The van der Waals surface area contributed by atoms with Crippen molar-refractivity contribution in [3.05, 3.63) is 54.2 Å². The van der Waals surface area contributed by atoms with Crippen molar-refractivity contribution in [1.29, 1.82) is 0 Å². The van der Waals surface area contributed by atoms with Gasteiger partial charge in [0.1, 0.15) is 5.82 Å². The van der Waals surface area contributed by atoms with Crippen LogP contribution in [-0.2, 0) is 0 Å². The SMILES string of the molecule is O=C(O)NC[C@H]1CC[C@H](CNC(=O)c2cc(-c3ccc(NCCCO)nc3)nc3ccccc23)CC1. The van der Waals surface area contributed by atoms with E-state index in [2.05, 4.69) is 20.9 Å². The number of carbonyl (C=O) groups is 2. The molecular weight excluding hydrogens is 458 g/mol. The van der Waals surface area contributed by atoms with Crippen molar-refractivity contribution in [1.82, 2.24) is 20.6 Å². The highest BCUT2D eigenvalue weighted by atomic mass is 16.4. The Kier molecular flexibility index (Phi) is 8.67. The zero-order chi connectivity index (χ0) is 25.3. The summed E-state index contributed by atoms with van der Waals surface area (Å²) in [5.74, 6) is 1.35. The van der Waals surface area contributed by atoms with E-state index in [9.17, 15) is 9.59 Å². The second-order valence-electron chi connectivity index (χ2n) is 9.29. The fraction of sp³-hybridized carbons (Fsp3) is 0.407. The molecule has 0 atom stereocenters. The number of carboxylic acid groups (broad SMARTS) is 1. The van der Waals surface area contributed by atoms with Crippen LogP contribution in [0.25, 0.3) is 22.2 Å². The number of hydrogen-bond acceptors (Lipinski definition) is 6. The molecule has 2 aromatic heterocycles. The van der Waals surface area contributed by atoms with E-state index >= 15 is 0 Å². The molecule has 1 aromatic carbocycles. The Balaban J connectivity index is 1.43. The smallest absolute Gasteiger partial charge is 0.404 e. The molecule has 190 valence electrons. The first kappa shape index (κ1) is 25.4. The van der Waals surface area contributed by atoms with Gasteiger partial charge in [0.25, 0.3) is 5.91 Å². The van der Waals surface area contributed by atoms with E-state index < -0.39 is 6.09 Å². The van der Waals surface area contributed by atoms with Crippen LogP contribution < -0.4 is 16.0 Å². The van der Waals surface area contributed by atoms with Crippen LogP contribution in [0.2, 0.25) is 0 Å². The minimum Gasteiger partial charge on any atom is -0.465 e. The van der Waals surface area contributed by atoms with Crippen LogP contribution in [0.4, 0.5) is 10.6 Å². The minimum atomic E-state index is -0.977. The van der Waals surface area contributed by atoms with Crippen LogP contribution in [0, 0.1) is 11.8 Å². The molecular formula is C27H33N5O4. The lowest BCUT2D eigenvalue weighted by molar-refractivity contribution is 0.0942. The van der Waals surface area contributed by atoms with E-state index in [1.807, 2.05) is 42.5 Å². The molecule has 9 nitrogen and oxygen atoms in total. The maximum atomic E-state index is 13.3. The second kappa shape index (κ2) is 12.3. The summed E-state index contributed by atoms with van der Waals surface area (Å²) >= 11 is 0. The van der Waals surface area contributed by atoms with Crippen molar-refractivity contribution < 1.29 is 19.8 Å². The number of nitrogens with one attached hydrogen (secondary N) is 3. The Hall–Kier alpha value is -3.72. The lowest BCUT2D eigenvalue weighted by atomic mass is 9.82. The number of nitrogens with zero attached hydrogens (tertiary/aromatic N) is 2. The first-order valence-corrected chi connectivity index (χ1v) is 12.5. The second-order valence-corrected chi connectivity index (χ2v) is 9.29. The third-order valence-electron chi connectivity index (χ3n) is 6.72. The Morgan fingerprint density at radius 1 is 0.972 bits per heavy atom. The average molecular weight is 492 g/mol. The maximum absolute atomic E-state index is 13.3. The Morgan fingerprint density at radius 2 is 1.69 bits per heavy atom. The third-order valence-corrected chi connectivity index (χ3v) is 6.72. The van der Waals surface area contributed by atoms with Crippen LogP contribution in [0.5, 0.6) is 0 Å². The molecule has 36 heavy (non-hydrogen) atoms. The molecule has 9 heteroatoms. The molecule has 0 bridgehead atoms. The summed E-state index contributed by atoms with van der Waals surface area (Å²) < 4.78 is 0. The van der Waals surface area contributed by atoms with Gasteiger partial charge in [0.2, 0.25) is 0 Å². The van der Waals surface area contributed by atoms with Gasteiger partial charge in [-0.05, 0) is 68.2 Å². The highest BCUT2D eigenvalue weighted by molar-refractivity contribution is 6.07. The number of aliphatic hydroxyl groups is 1. The minimum absolute atomic E-state index is 0.125. The van der Waals surface area contributed by atoms with Crippen molar-refractivity contribution in [2.75, 3.05) is 31.6 Å². The standard InChI is InChI=1S/C27H33N5O4/c33-13-3-12-28-25-11-10-20(17-29-25)24-14-22(21-4-1-2-5-23(21)32-24)26(34)30-15-18-6-8-19(9-7-18)16-31-27(35)36/h1-2,4-5,10-11,14,17-19,31,33H,3,6-9,12-13,15-16H2,(H,28,29)(H,30,34)(H,35,36)/t18-,19-. The average Bonchev–Trinajstić information content (AvgIpc) is 2.91. The number of aliphatic hydroxyl groups excluding tert-OH is 1. The van der Waals surface area contributed by atoms with Gasteiger partial charge in [-0.15, -0.1) is 0 Å². The molecule has 4 rings (SSSR count). The Bertz CT molecular complexity index is 1180. The molecule has 2 amide bonds. The van der Waals surface area contributed by atoms with Gasteiger partial charge in [-0.25, -0.2) is 14.8 Å². The van der Waals surface area contributed by atoms with E-state index in [-0.39, 0.29) is 12.5 Å². The third kappa shape index (κ3) is 6.69. The van der Waals surface area contributed by atoms with Gasteiger partial charge in [0.15, 0.2) is 0 Å². The molecule has 0 spiro atoms. The van der Waals surface area contributed by atoms with Crippen LogP contribution in [0.15, 0.2) is 48.7 Å². The van der Waals surface area contributed by atoms with E-state index in [1.165, 1.54) is 0 Å². The number of anilines is 1. The first-order chi connectivity index (χ1) is 17.5. The van der Waals surface area contributed by atoms with Crippen molar-refractivity contribution in [2.45, 2.75) is 32.1 Å². The molecule has 0 radical (unpaired) electrons. The summed E-state index contributed by atoms with van der Waals surface area (Å²) in [5.41, 5.74) is 2.83. The van der Waals surface area contributed by atoms with E-state index in [1.54, 1.807) is 6.20 Å². The van der Waals surface area contributed by atoms with Gasteiger partial charge in [-0.3, -0.25) is 4.79 Å². The highest BCUT2D eigenvalue weighted by Gasteiger charge is 2.22. The van der Waals surface area contributed by atoms with Gasteiger partial charge in [-0.1, -0.05) is 18.2 Å². The monoisotopic (exact) mass is 491 g/mol. The van der Waals surface area contributed by atoms with Crippen molar-refractivity contribution in [3.63, 3.8) is 0 Å². The summed E-state index contributed by atoms with van der Waals surface area (Å²) in [6.07, 6.45) is 5.27. The number of fused-ring (bicyclic) bond motifs is 1. The number of rotatable bonds is 10. The number of carbonyl (C=O) groups excluding carboxylic acids is 1. The largest absolute Gasteiger partial charge is 0.465 e. The zero-order valence-corrected chi connectivity index (χ0v) is 20.2. The summed E-state index contributed by atoms with van der Waals surface area (Å²) in [7, 11) is 0. The maximum Gasteiger partial charge on any atom is 0.404 e. The molecule has 1 saturated carbocycles. The van der Waals surface area contributed by atoms with Crippen molar-refractivity contribution in [3.8, 4) is 11.3 Å². The lowest BCUT2D eigenvalue weighted by Gasteiger charge is -2.28. The van der Waals surface area contributed by atoms with Crippen molar-refractivity contribution >= 4 is 28.7 Å². The van der Waals surface area contributed by atoms with Crippen LogP contribution in [-0.4, -0.2) is 58.4 Å². The fourth-order valence-corrected chi connectivity index (χ4v) is 4.66. The molecule has 1 fully saturated rings. The molecule has 0 aliphatic heterocycles. The van der Waals surface area contributed by atoms with Gasteiger partial charge in [0, 0.05) is 43.4 Å². The van der Waals surface area contributed by atoms with Crippen molar-refractivity contribution in [2.24, 2.45) is 11.8 Å². The fourth-order valence-electron chi connectivity index (χ4n) is 4.66. The topological polar surface area (TPSA) is 136 Å². The lowest BCUT2D eigenvalue weighted by Crippen LogP contribution is -2.34. The zero-order valence-electron chi connectivity index (χ0n) is 20.2. The number of para-hydroxylation sites is 1. The molecule has 5 N–H and O–H groups in total. The number of amides is 2. The van der Waals surface area contributed by atoms with Crippen LogP contribution in [0.3, 0.4) is 0 Å². The van der Waals surface area contributed by atoms with Crippen LogP contribution >= 0.6 is 0 Å². The number of hydrogen-bond donors (Lipinski definition) is 5. The van der Waals surface area contributed by atoms with E-state index in [4.69, 9.17) is 15.2 Å². The predicted molar refractivity (Wildman–Crippen MR) is 139 cm³/mol. The Morgan fingerprint density at radius 3 is 2.36 bits per heavy atom. The summed E-state index contributed by atoms with van der Waals surface area (Å²) in [6.45, 7) is 1.86. The highest BCUT2D eigenvalue weighted by Crippen LogP contribution is 2.29. The molecule has 2 heterocycles. The van der Waals surface area contributed by atoms with E-state index in [0.29, 0.717) is 49.1 Å². The molecule has 0 unspecified atom stereocenters. The van der Waals surface area contributed by atoms with Gasteiger partial charge in [0.05, 0.1) is 16.8 Å². The molecule has 0 saturated heterocycles. The first-order valence-electron chi connectivity index (χ1n) is 12.5. The number of aromatic nitrogens is 2. The number of benzene rings is 1. The summed E-state index contributed by atoms with van der Waals surface area (Å²) in [6, 6.07) is 13.2. The molecule has 1 aliphatic carbocycles. The molecule has 3 aromatic rings. The summed E-state index contributed by atoms with van der Waals surface area (Å²) in [5, 5.41) is 27.3. The van der Waals surface area contributed by atoms with Crippen LogP contribution in [0.1, 0.15) is 42.5 Å². The summed E-state index contributed by atoms with van der Waals surface area (Å²) in [4.78, 5) is 33.2. The normalized spacial score (nSPS) is 17.5. The predicted octanol–water partition coefficient (Wildman–Crippen LogP) is 3.89. The van der Waals surface area contributed by atoms with Gasteiger partial charge < -0.3 is 26.2 Å². The molecule has 1 aliphatic rings. The van der Waals surface area contributed by atoms with Gasteiger partial charge >= 0.3 is 6.09 Å².